The van der Waals surface area contributed by atoms with Gasteiger partial charge in [0.15, 0.2) is 17.5 Å². The van der Waals surface area contributed by atoms with Crippen LogP contribution in [0.25, 0.3) is 0 Å². The predicted molar refractivity (Wildman–Crippen MR) is 103 cm³/mol. The minimum Gasteiger partial charge on any atom is -0.494 e. The highest BCUT2D eigenvalue weighted by atomic mass is 19.1. The SMILES string of the molecule is CN=C(NCc1ccc(OC)c(F)c1)N1CCN(c2ccccc2F)CC1. The predicted octanol–water partition coefficient (Wildman–Crippen LogP) is 2.87. The lowest BCUT2D eigenvalue weighted by Gasteiger charge is -2.37. The molecule has 0 bridgehead atoms. The largest absolute Gasteiger partial charge is 0.494 e. The van der Waals surface area contributed by atoms with E-state index in [4.69, 9.17) is 4.74 Å². The average molecular weight is 374 g/mol. The van der Waals surface area contributed by atoms with Gasteiger partial charge in [0.1, 0.15) is 5.82 Å². The molecule has 1 fully saturated rings. The molecule has 2 aromatic rings. The summed E-state index contributed by atoms with van der Waals surface area (Å²) in [7, 11) is 3.17. The number of hydrogen-bond donors (Lipinski definition) is 1. The van der Waals surface area contributed by atoms with E-state index < -0.39 is 0 Å². The maximum atomic E-state index is 14.0. The van der Waals surface area contributed by atoms with E-state index in [9.17, 15) is 8.78 Å². The van der Waals surface area contributed by atoms with Crippen LogP contribution in [0, 0.1) is 11.6 Å². The first-order chi connectivity index (χ1) is 13.1. The Balaban J connectivity index is 1.56. The molecule has 3 rings (SSSR count). The fourth-order valence-electron chi connectivity index (χ4n) is 3.20. The molecular formula is C20H24F2N4O. The second-order valence-electron chi connectivity index (χ2n) is 6.30. The van der Waals surface area contributed by atoms with Gasteiger partial charge in [0.25, 0.3) is 0 Å². The summed E-state index contributed by atoms with van der Waals surface area (Å²) >= 11 is 0. The molecule has 0 saturated carbocycles. The maximum Gasteiger partial charge on any atom is 0.194 e. The van der Waals surface area contributed by atoms with E-state index in [1.165, 1.54) is 19.2 Å². The number of anilines is 1. The van der Waals surface area contributed by atoms with Gasteiger partial charge in [-0.2, -0.15) is 0 Å². The molecule has 27 heavy (non-hydrogen) atoms. The highest BCUT2D eigenvalue weighted by molar-refractivity contribution is 5.80. The number of rotatable bonds is 4. The molecule has 0 aromatic heterocycles. The molecule has 5 nitrogen and oxygen atoms in total. The molecule has 0 amide bonds. The first-order valence-electron chi connectivity index (χ1n) is 8.90. The first kappa shape index (κ1) is 18.9. The third kappa shape index (κ3) is 4.48. The summed E-state index contributed by atoms with van der Waals surface area (Å²) < 4.78 is 32.7. The summed E-state index contributed by atoms with van der Waals surface area (Å²) in [6, 6.07) is 11.7. The van der Waals surface area contributed by atoms with Crippen LogP contribution in [0.5, 0.6) is 5.75 Å². The smallest absolute Gasteiger partial charge is 0.194 e. The number of halogens is 2. The van der Waals surface area contributed by atoms with Crippen molar-refractivity contribution in [2.24, 2.45) is 4.99 Å². The Kier molecular flexibility index (Phi) is 6.11. The van der Waals surface area contributed by atoms with Crippen LogP contribution >= 0.6 is 0 Å². The second-order valence-corrected chi connectivity index (χ2v) is 6.30. The molecule has 0 spiro atoms. The van der Waals surface area contributed by atoms with Gasteiger partial charge < -0.3 is 19.9 Å². The van der Waals surface area contributed by atoms with E-state index in [-0.39, 0.29) is 17.4 Å². The Morgan fingerprint density at radius 1 is 1.07 bits per heavy atom. The highest BCUT2D eigenvalue weighted by Crippen LogP contribution is 2.20. The van der Waals surface area contributed by atoms with Gasteiger partial charge in [-0.3, -0.25) is 4.99 Å². The highest BCUT2D eigenvalue weighted by Gasteiger charge is 2.21. The number of methoxy groups -OCH3 is 1. The van der Waals surface area contributed by atoms with Gasteiger partial charge in [-0.15, -0.1) is 0 Å². The number of hydrogen-bond acceptors (Lipinski definition) is 3. The molecule has 1 N–H and O–H groups in total. The molecule has 1 heterocycles. The summed E-state index contributed by atoms with van der Waals surface area (Å²) in [4.78, 5) is 8.48. The van der Waals surface area contributed by atoms with E-state index in [1.54, 1.807) is 25.2 Å². The van der Waals surface area contributed by atoms with E-state index in [0.717, 1.165) is 24.6 Å². The third-order valence-electron chi connectivity index (χ3n) is 4.65. The molecule has 1 aliphatic heterocycles. The lowest BCUT2D eigenvalue weighted by atomic mass is 10.2. The van der Waals surface area contributed by atoms with Crippen LogP contribution in [0.4, 0.5) is 14.5 Å². The lowest BCUT2D eigenvalue weighted by Crippen LogP contribution is -2.52. The average Bonchev–Trinajstić information content (AvgIpc) is 2.69. The fraction of sp³-hybridized carbons (Fsp3) is 0.350. The molecule has 1 aliphatic rings. The van der Waals surface area contributed by atoms with E-state index in [2.05, 4.69) is 15.2 Å². The van der Waals surface area contributed by atoms with Gasteiger partial charge >= 0.3 is 0 Å². The van der Waals surface area contributed by atoms with Crippen LogP contribution in [0.2, 0.25) is 0 Å². The summed E-state index contributed by atoms with van der Waals surface area (Å²) in [6.45, 7) is 3.33. The van der Waals surface area contributed by atoms with Crippen molar-refractivity contribution in [1.82, 2.24) is 10.2 Å². The Labute approximate surface area is 158 Å². The van der Waals surface area contributed by atoms with Crippen molar-refractivity contribution < 1.29 is 13.5 Å². The van der Waals surface area contributed by atoms with E-state index >= 15 is 0 Å². The number of benzene rings is 2. The Morgan fingerprint density at radius 2 is 1.81 bits per heavy atom. The number of ether oxygens (including phenoxy) is 1. The number of para-hydroxylation sites is 1. The number of nitrogens with zero attached hydrogens (tertiary/aromatic N) is 3. The monoisotopic (exact) mass is 374 g/mol. The van der Waals surface area contributed by atoms with Gasteiger partial charge in [0, 0.05) is 39.8 Å². The summed E-state index contributed by atoms with van der Waals surface area (Å²) in [5, 5.41) is 3.26. The van der Waals surface area contributed by atoms with E-state index in [0.29, 0.717) is 25.3 Å². The van der Waals surface area contributed by atoms with Gasteiger partial charge in [-0.25, -0.2) is 8.78 Å². The normalized spacial score (nSPS) is 15.0. The van der Waals surface area contributed by atoms with Gasteiger partial charge in [0.05, 0.1) is 12.8 Å². The van der Waals surface area contributed by atoms with Crippen LogP contribution in [0.15, 0.2) is 47.5 Å². The Bertz CT molecular complexity index is 804. The van der Waals surface area contributed by atoms with E-state index in [1.807, 2.05) is 17.0 Å². The topological polar surface area (TPSA) is 40.1 Å². The summed E-state index contributed by atoms with van der Waals surface area (Å²) in [6.07, 6.45) is 0. The number of piperazine rings is 1. The first-order valence-corrected chi connectivity index (χ1v) is 8.90. The van der Waals surface area contributed by atoms with Crippen LogP contribution < -0.4 is 15.0 Å². The molecule has 144 valence electrons. The zero-order valence-corrected chi connectivity index (χ0v) is 15.6. The zero-order valence-electron chi connectivity index (χ0n) is 15.6. The van der Waals surface area contributed by atoms with Crippen molar-refractivity contribution in [3.05, 3.63) is 59.7 Å². The maximum absolute atomic E-state index is 14.0. The third-order valence-corrected chi connectivity index (χ3v) is 4.65. The van der Waals surface area contributed by atoms with Crippen molar-refractivity contribution in [2.75, 3.05) is 45.2 Å². The second kappa shape index (κ2) is 8.70. The summed E-state index contributed by atoms with van der Waals surface area (Å²) in [5.74, 6) is 0.395. The molecule has 1 saturated heterocycles. The van der Waals surface area contributed by atoms with Crippen molar-refractivity contribution in [3.8, 4) is 5.75 Å². The van der Waals surface area contributed by atoms with Gasteiger partial charge in [-0.1, -0.05) is 18.2 Å². The Morgan fingerprint density at radius 3 is 2.44 bits per heavy atom. The lowest BCUT2D eigenvalue weighted by molar-refractivity contribution is 0.370. The van der Waals surface area contributed by atoms with Crippen LogP contribution in [0.3, 0.4) is 0 Å². The minimum absolute atomic E-state index is 0.199. The quantitative estimate of drug-likeness (QED) is 0.660. The van der Waals surface area contributed by atoms with Gasteiger partial charge in [-0.05, 0) is 29.8 Å². The molecule has 2 aromatic carbocycles. The van der Waals surface area contributed by atoms with Crippen molar-refractivity contribution in [1.29, 1.82) is 0 Å². The van der Waals surface area contributed by atoms with Crippen molar-refractivity contribution >= 4 is 11.6 Å². The number of aliphatic imine (C=N–C) groups is 1. The van der Waals surface area contributed by atoms with Crippen LogP contribution in [-0.4, -0.2) is 51.2 Å². The Hall–Kier alpha value is -2.83. The van der Waals surface area contributed by atoms with Crippen LogP contribution in [-0.2, 0) is 6.54 Å². The van der Waals surface area contributed by atoms with Gasteiger partial charge in [0.2, 0.25) is 0 Å². The molecule has 0 radical (unpaired) electrons. The molecule has 0 unspecified atom stereocenters. The number of nitrogens with one attached hydrogen (secondary N) is 1. The number of guanidine groups is 1. The minimum atomic E-state index is -0.384. The standard InChI is InChI=1S/C20H24F2N4O/c1-23-20(24-14-15-7-8-19(27-2)17(22)13-15)26-11-9-25(10-12-26)18-6-4-3-5-16(18)21/h3-8,13H,9-12,14H2,1-2H3,(H,23,24). The van der Waals surface area contributed by atoms with Crippen LogP contribution in [0.1, 0.15) is 5.56 Å². The zero-order chi connectivity index (χ0) is 19.2. The van der Waals surface area contributed by atoms with Crippen molar-refractivity contribution in [3.63, 3.8) is 0 Å². The molecule has 7 heteroatoms. The fourth-order valence-corrected chi connectivity index (χ4v) is 3.20. The summed E-state index contributed by atoms with van der Waals surface area (Å²) in [5.41, 5.74) is 1.44. The molecule has 0 aliphatic carbocycles. The van der Waals surface area contributed by atoms with Crippen molar-refractivity contribution in [2.45, 2.75) is 6.54 Å². The molecule has 0 atom stereocenters. The molecular weight excluding hydrogens is 350 g/mol.